The van der Waals surface area contributed by atoms with Gasteiger partial charge < -0.3 is 10.2 Å². The second kappa shape index (κ2) is 17.3. The fourth-order valence-corrected chi connectivity index (χ4v) is 15.6. The van der Waals surface area contributed by atoms with Gasteiger partial charge in [-0.2, -0.15) is 0 Å². The van der Waals surface area contributed by atoms with E-state index in [1.54, 1.807) is 115 Å². The number of rotatable bonds is 12. The van der Waals surface area contributed by atoms with Crippen molar-refractivity contribution < 1.29 is 19.8 Å². The van der Waals surface area contributed by atoms with Gasteiger partial charge >= 0.3 is 11.9 Å². The molecule has 0 unspecified atom stereocenters. The van der Waals surface area contributed by atoms with E-state index in [4.69, 9.17) is 0 Å². The molecule has 2 N–H and O–H groups in total. The highest BCUT2D eigenvalue weighted by atomic mass is 32.1. The van der Waals surface area contributed by atoms with Crippen LogP contribution in [0, 0.1) is 0 Å². The van der Waals surface area contributed by atoms with Crippen LogP contribution in [0.2, 0.25) is 0 Å². The second-order valence-corrected chi connectivity index (χ2v) is 22.7. The van der Waals surface area contributed by atoms with Gasteiger partial charge in [-0.25, -0.2) is 9.59 Å². The van der Waals surface area contributed by atoms with Gasteiger partial charge in [0.1, 0.15) is 0 Å². The Balaban J connectivity index is 1.35. The number of thiophene rings is 8. The molecule has 8 aromatic heterocycles. The number of hydrogen-bond donors (Lipinski definition) is 2. The first kappa shape index (κ1) is 40.9. The van der Waals surface area contributed by atoms with Crippen LogP contribution in [0.15, 0.2) is 167 Å². The minimum Gasteiger partial charge on any atom is -0.478 e. The number of aromatic carboxylic acids is 2. The lowest BCUT2D eigenvalue weighted by molar-refractivity contribution is 0.0686. The molecule has 0 atom stereocenters. The van der Waals surface area contributed by atoms with Crippen LogP contribution in [-0.4, -0.2) is 22.2 Å². The highest BCUT2D eigenvalue weighted by molar-refractivity contribution is 7.25. The molecule has 12 heteroatoms. The molecule has 310 valence electrons. The van der Waals surface area contributed by atoms with Gasteiger partial charge in [-0.05, 0) is 130 Å². The molecule has 0 spiro atoms. The van der Waals surface area contributed by atoms with Crippen LogP contribution >= 0.6 is 90.7 Å². The summed E-state index contributed by atoms with van der Waals surface area (Å²) < 4.78 is 0. The molecule has 0 radical (unpaired) electrons. The van der Waals surface area contributed by atoms with Crippen molar-refractivity contribution >= 4 is 103 Å². The first-order valence-electron chi connectivity index (χ1n) is 19.9. The Bertz CT molecular complexity index is 3010. The molecule has 0 aliphatic heterocycles. The Hall–Kier alpha value is -5.80. The summed E-state index contributed by atoms with van der Waals surface area (Å²) in [5.41, 5.74) is 8.37. The van der Waals surface area contributed by atoms with Crippen LogP contribution in [0.3, 0.4) is 0 Å². The van der Waals surface area contributed by atoms with Crippen LogP contribution in [-0.2, 0) is 0 Å². The topological polar surface area (TPSA) is 74.6 Å². The fourth-order valence-electron chi connectivity index (χ4n) is 7.97. The van der Waals surface area contributed by atoms with E-state index in [0.717, 1.165) is 83.5 Å². The highest BCUT2D eigenvalue weighted by Crippen LogP contribution is 2.60. The predicted octanol–water partition coefficient (Wildman–Crippen LogP) is 18.2. The van der Waals surface area contributed by atoms with Crippen molar-refractivity contribution in [2.24, 2.45) is 0 Å². The molecule has 0 aliphatic rings. The third-order valence-electron chi connectivity index (χ3n) is 10.8. The van der Waals surface area contributed by atoms with Gasteiger partial charge in [0.15, 0.2) is 0 Å². The Morgan fingerprint density at radius 2 is 0.531 bits per heavy atom. The highest BCUT2D eigenvalue weighted by Gasteiger charge is 2.32. The van der Waals surface area contributed by atoms with Crippen LogP contribution in [0.25, 0.3) is 103 Å². The molecule has 0 bridgehead atoms. The minimum absolute atomic E-state index is 0.215. The monoisotopic (exact) mass is 974 g/mol. The van der Waals surface area contributed by atoms with Gasteiger partial charge in [0, 0.05) is 91.9 Å². The van der Waals surface area contributed by atoms with Crippen molar-refractivity contribution in [1.29, 1.82) is 0 Å². The lowest BCUT2D eigenvalue weighted by Crippen LogP contribution is -2.01. The largest absolute Gasteiger partial charge is 0.478 e. The molecule has 0 saturated heterocycles. The van der Waals surface area contributed by atoms with Crippen LogP contribution in [0.4, 0.5) is 0 Å². The SMILES string of the molecule is O=C(O)c1ccc(-c2c(-c3ccc(-c4cccs4)s3)c(-c3ccc(-c4cccs4)s3)c(-c3ccc(C(=O)O)cc3)c(-c3ccc(-c4cccs4)s3)c2-c2ccc(-c3cccs3)s2)cc1. The molecule has 0 fully saturated rings. The number of carboxylic acids is 2. The van der Waals surface area contributed by atoms with E-state index in [2.05, 4.69) is 119 Å². The summed E-state index contributed by atoms with van der Waals surface area (Å²) in [7, 11) is 0. The van der Waals surface area contributed by atoms with Crippen molar-refractivity contribution in [2.45, 2.75) is 0 Å². The van der Waals surface area contributed by atoms with Crippen molar-refractivity contribution in [2.75, 3.05) is 0 Å². The molecule has 0 saturated carbocycles. The summed E-state index contributed by atoms with van der Waals surface area (Å²) in [4.78, 5) is 38.4. The number of benzene rings is 3. The maximum atomic E-state index is 12.4. The number of carbonyl (C=O) groups is 2. The van der Waals surface area contributed by atoms with Gasteiger partial charge in [0.05, 0.1) is 11.1 Å². The zero-order valence-electron chi connectivity index (χ0n) is 33.1. The van der Waals surface area contributed by atoms with Crippen molar-refractivity contribution in [1.82, 2.24) is 0 Å². The Morgan fingerprint density at radius 3 is 0.750 bits per heavy atom. The predicted molar refractivity (Wildman–Crippen MR) is 278 cm³/mol. The standard InChI is InChI=1S/C52H30O4S8/c53-51(54)31-13-9-29(10-14-31)45-47(41-21-17-37(61-41)33-5-1-25-57-33)48(42-22-18-38(62-42)34-6-2-26-58-34)46(30-11-15-32(16-12-30)52(55)56)50(44-24-20-40(64-44)36-8-4-28-60-36)49(45)43-23-19-39(63-43)35-7-3-27-59-35/h1-28H,(H,53,54)(H,55,56). The van der Waals surface area contributed by atoms with E-state index in [-0.39, 0.29) is 11.1 Å². The summed E-state index contributed by atoms with van der Waals surface area (Å²) in [6.07, 6.45) is 0. The molecule has 4 nitrogen and oxygen atoms in total. The van der Waals surface area contributed by atoms with Gasteiger partial charge in [-0.1, -0.05) is 48.5 Å². The van der Waals surface area contributed by atoms with E-state index < -0.39 is 11.9 Å². The molecular weight excluding hydrogens is 945 g/mol. The summed E-state index contributed by atoms with van der Waals surface area (Å²) in [5.74, 6) is -1.96. The number of hydrogen-bond acceptors (Lipinski definition) is 10. The zero-order valence-corrected chi connectivity index (χ0v) is 39.7. The minimum atomic E-state index is -0.981. The Labute approximate surface area is 400 Å². The molecule has 64 heavy (non-hydrogen) atoms. The van der Waals surface area contributed by atoms with E-state index in [1.165, 1.54) is 19.5 Å². The smallest absolute Gasteiger partial charge is 0.335 e. The molecular formula is C52H30O4S8. The van der Waals surface area contributed by atoms with Gasteiger partial charge in [0.2, 0.25) is 0 Å². The summed E-state index contributed by atoms with van der Waals surface area (Å²) in [6, 6.07) is 49.4. The lowest BCUT2D eigenvalue weighted by Gasteiger charge is -2.26. The van der Waals surface area contributed by atoms with Crippen LogP contribution < -0.4 is 0 Å². The fraction of sp³-hybridized carbons (Fsp3) is 0. The molecule has 3 aromatic carbocycles. The lowest BCUT2D eigenvalue weighted by atomic mass is 9.79. The maximum Gasteiger partial charge on any atom is 0.335 e. The average molecular weight is 975 g/mol. The third-order valence-corrected chi connectivity index (χ3v) is 19.5. The van der Waals surface area contributed by atoms with Crippen LogP contribution in [0.5, 0.6) is 0 Å². The van der Waals surface area contributed by atoms with Crippen LogP contribution in [0.1, 0.15) is 20.7 Å². The molecule has 0 amide bonds. The maximum absolute atomic E-state index is 12.4. The molecule has 11 rings (SSSR count). The Morgan fingerprint density at radius 1 is 0.281 bits per heavy atom. The van der Waals surface area contributed by atoms with Crippen molar-refractivity contribution in [3.05, 3.63) is 178 Å². The third kappa shape index (κ3) is 7.59. The average Bonchev–Trinajstić information content (AvgIpc) is 4.17. The normalized spacial score (nSPS) is 11.4. The van der Waals surface area contributed by atoms with E-state index >= 15 is 0 Å². The summed E-state index contributed by atoms with van der Waals surface area (Å²) in [6.45, 7) is 0. The second-order valence-electron chi connectivity index (χ2n) is 14.6. The zero-order chi connectivity index (χ0) is 43.3. The van der Waals surface area contributed by atoms with E-state index in [9.17, 15) is 19.8 Å². The van der Waals surface area contributed by atoms with Gasteiger partial charge in [-0.15, -0.1) is 90.7 Å². The van der Waals surface area contributed by atoms with Crippen molar-refractivity contribution in [3.8, 4) is 103 Å². The van der Waals surface area contributed by atoms with Crippen molar-refractivity contribution in [3.63, 3.8) is 0 Å². The van der Waals surface area contributed by atoms with E-state index in [1.807, 2.05) is 24.3 Å². The van der Waals surface area contributed by atoms with Gasteiger partial charge in [-0.3, -0.25) is 0 Å². The number of carboxylic acid groups (broad SMARTS) is 2. The van der Waals surface area contributed by atoms with Gasteiger partial charge in [0.25, 0.3) is 0 Å². The van der Waals surface area contributed by atoms with E-state index in [0.29, 0.717) is 0 Å². The Kier molecular flexibility index (Phi) is 11.1. The first-order chi connectivity index (χ1) is 31.4. The molecule has 8 heterocycles. The first-order valence-corrected chi connectivity index (χ1v) is 26.6. The molecule has 0 aliphatic carbocycles. The quantitative estimate of drug-likeness (QED) is 0.128. The molecule has 11 aromatic rings. The summed E-state index contributed by atoms with van der Waals surface area (Å²) >= 11 is 13.8. The summed E-state index contributed by atoms with van der Waals surface area (Å²) in [5, 5.41) is 28.7.